The van der Waals surface area contributed by atoms with Crippen molar-refractivity contribution in [1.29, 1.82) is 0 Å². The molecule has 0 aliphatic carbocycles. The number of carbonyl (C=O) groups is 2. The number of rotatable bonds is 5. The molecule has 1 amide bonds. The van der Waals surface area contributed by atoms with Gasteiger partial charge in [-0.25, -0.2) is 9.79 Å². The highest BCUT2D eigenvalue weighted by molar-refractivity contribution is 8.18. The van der Waals surface area contributed by atoms with Gasteiger partial charge < -0.3 is 10.1 Å². The molecule has 1 fully saturated rings. The van der Waals surface area contributed by atoms with Crippen LogP contribution in [-0.2, 0) is 9.53 Å². The van der Waals surface area contributed by atoms with Gasteiger partial charge in [-0.15, -0.1) is 0 Å². The Morgan fingerprint density at radius 1 is 1.15 bits per heavy atom. The first kappa shape index (κ1) is 18.7. The molecule has 1 aliphatic heterocycles. The molecule has 1 heterocycles. The number of amides is 1. The summed E-state index contributed by atoms with van der Waals surface area (Å²) >= 11 is 1.27. The second-order valence-corrected chi connectivity index (χ2v) is 6.57. The standard InChI is InChI=1S/C21H18N2O3S/c1-2-26-20(25)16-11-13-17(14-12-16)22-21-23-19(24)18(27-21)10-6-9-15-7-4-3-5-8-15/h3-14H,2H2,1H3,(H,22,23,24)/b9-6-,18-10-. The van der Waals surface area contributed by atoms with E-state index in [2.05, 4.69) is 10.3 Å². The number of carbonyl (C=O) groups excluding carboxylic acids is 2. The summed E-state index contributed by atoms with van der Waals surface area (Å²) in [6.45, 7) is 2.10. The molecule has 0 bridgehead atoms. The summed E-state index contributed by atoms with van der Waals surface area (Å²) in [6.07, 6.45) is 5.54. The zero-order chi connectivity index (χ0) is 19.1. The van der Waals surface area contributed by atoms with Crippen molar-refractivity contribution in [2.75, 3.05) is 6.61 Å². The van der Waals surface area contributed by atoms with Crippen LogP contribution in [0.25, 0.3) is 6.08 Å². The van der Waals surface area contributed by atoms with E-state index in [4.69, 9.17) is 4.74 Å². The number of hydrogen-bond acceptors (Lipinski definition) is 5. The van der Waals surface area contributed by atoms with Crippen molar-refractivity contribution < 1.29 is 14.3 Å². The van der Waals surface area contributed by atoms with E-state index in [9.17, 15) is 9.59 Å². The van der Waals surface area contributed by atoms with Crippen molar-refractivity contribution in [3.63, 3.8) is 0 Å². The molecule has 0 saturated carbocycles. The molecule has 0 unspecified atom stereocenters. The highest BCUT2D eigenvalue weighted by Crippen LogP contribution is 2.26. The van der Waals surface area contributed by atoms with Crippen molar-refractivity contribution in [3.8, 4) is 0 Å². The molecule has 27 heavy (non-hydrogen) atoms. The van der Waals surface area contributed by atoms with Crippen LogP contribution in [0.5, 0.6) is 0 Å². The zero-order valence-corrected chi connectivity index (χ0v) is 15.5. The molecule has 2 aromatic rings. The molecular formula is C21H18N2O3S. The van der Waals surface area contributed by atoms with E-state index in [-0.39, 0.29) is 11.9 Å². The third-order valence-electron chi connectivity index (χ3n) is 3.60. The van der Waals surface area contributed by atoms with E-state index < -0.39 is 0 Å². The van der Waals surface area contributed by atoms with Crippen LogP contribution in [0.1, 0.15) is 22.8 Å². The summed E-state index contributed by atoms with van der Waals surface area (Å²) in [4.78, 5) is 28.7. The molecule has 1 N–H and O–H groups in total. The van der Waals surface area contributed by atoms with Crippen LogP contribution in [0.4, 0.5) is 5.69 Å². The lowest BCUT2D eigenvalue weighted by molar-refractivity contribution is -0.115. The highest BCUT2D eigenvalue weighted by atomic mass is 32.2. The number of aliphatic imine (C=N–C) groups is 1. The monoisotopic (exact) mass is 378 g/mol. The van der Waals surface area contributed by atoms with Crippen LogP contribution in [0.15, 0.2) is 76.6 Å². The summed E-state index contributed by atoms with van der Waals surface area (Å²) in [6, 6.07) is 16.6. The average molecular weight is 378 g/mol. The Morgan fingerprint density at radius 2 is 1.89 bits per heavy atom. The third kappa shape index (κ3) is 5.18. The van der Waals surface area contributed by atoms with Gasteiger partial charge in [0, 0.05) is 0 Å². The van der Waals surface area contributed by atoms with Gasteiger partial charge in [-0.05, 0) is 54.6 Å². The summed E-state index contributed by atoms with van der Waals surface area (Å²) in [5.74, 6) is -0.546. The van der Waals surface area contributed by atoms with Gasteiger partial charge in [0.25, 0.3) is 5.91 Å². The van der Waals surface area contributed by atoms with Gasteiger partial charge in [-0.1, -0.05) is 42.5 Å². The Balaban J connectivity index is 1.66. The van der Waals surface area contributed by atoms with Crippen molar-refractivity contribution in [3.05, 3.63) is 82.8 Å². The summed E-state index contributed by atoms with van der Waals surface area (Å²) in [5.41, 5.74) is 2.18. The van der Waals surface area contributed by atoms with Crippen LogP contribution in [0, 0.1) is 0 Å². The van der Waals surface area contributed by atoms with Crippen LogP contribution in [-0.4, -0.2) is 23.7 Å². The number of nitrogens with one attached hydrogen (secondary N) is 1. The Bertz CT molecular complexity index is 916. The molecule has 0 radical (unpaired) electrons. The number of esters is 1. The maximum atomic E-state index is 12.1. The molecule has 3 rings (SSSR count). The molecule has 6 heteroatoms. The minimum Gasteiger partial charge on any atom is -0.462 e. The number of ether oxygens (including phenoxy) is 1. The fourth-order valence-electron chi connectivity index (χ4n) is 2.31. The lowest BCUT2D eigenvalue weighted by Crippen LogP contribution is -2.19. The fourth-order valence-corrected chi connectivity index (χ4v) is 3.10. The van der Waals surface area contributed by atoms with E-state index in [1.54, 1.807) is 37.3 Å². The number of hydrogen-bond donors (Lipinski definition) is 1. The molecule has 5 nitrogen and oxygen atoms in total. The minimum absolute atomic E-state index is 0.181. The average Bonchev–Trinajstić information content (AvgIpc) is 3.02. The van der Waals surface area contributed by atoms with Crippen molar-refractivity contribution in [2.45, 2.75) is 6.92 Å². The molecule has 1 saturated heterocycles. The number of thioether (sulfide) groups is 1. The first-order valence-electron chi connectivity index (χ1n) is 8.44. The lowest BCUT2D eigenvalue weighted by atomic mass is 10.2. The van der Waals surface area contributed by atoms with Gasteiger partial charge >= 0.3 is 5.97 Å². The fraction of sp³-hybridized carbons (Fsp3) is 0.0952. The summed E-state index contributed by atoms with van der Waals surface area (Å²) < 4.78 is 4.95. The van der Waals surface area contributed by atoms with E-state index >= 15 is 0 Å². The number of allylic oxidation sites excluding steroid dienone is 2. The van der Waals surface area contributed by atoms with Crippen LogP contribution >= 0.6 is 11.8 Å². The molecule has 2 aromatic carbocycles. The first-order valence-corrected chi connectivity index (χ1v) is 9.26. The topological polar surface area (TPSA) is 67.8 Å². The molecule has 1 aliphatic rings. The van der Waals surface area contributed by atoms with Crippen LogP contribution in [0.3, 0.4) is 0 Å². The number of amidine groups is 1. The second kappa shape index (κ2) is 9.00. The van der Waals surface area contributed by atoms with Gasteiger partial charge in [0.15, 0.2) is 5.17 Å². The molecule has 0 spiro atoms. The Kier molecular flexibility index (Phi) is 6.22. The predicted molar refractivity (Wildman–Crippen MR) is 109 cm³/mol. The number of benzene rings is 2. The molecular weight excluding hydrogens is 360 g/mol. The van der Waals surface area contributed by atoms with E-state index in [1.165, 1.54) is 11.8 Å². The normalized spacial score (nSPS) is 16.9. The van der Waals surface area contributed by atoms with E-state index in [1.807, 2.05) is 42.5 Å². The minimum atomic E-state index is -0.365. The van der Waals surface area contributed by atoms with E-state index in [0.29, 0.717) is 27.9 Å². The van der Waals surface area contributed by atoms with Crippen molar-refractivity contribution >= 4 is 40.6 Å². The maximum Gasteiger partial charge on any atom is 0.338 e. The lowest BCUT2D eigenvalue weighted by Gasteiger charge is -2.02. The zero-order valence-electron chi connectivity index (χ0n) is 14.7. The second-order valence-electron chi connectivity index (χ2n) is 5.54. The highest BCUT2D eigenvalue weighted by Gasteiger charge is 2.23. The third-order valence-corrected chi connectivity index (χ3v) is 4.52. The summed E-state index contributed by atoms with van der Waals surface area (Å²) in [5, 5.41) is 3.24. The van der Waals surface area contributed by atoms with Gasteiger partial charge in [0.2, 0.25) is 0 Å². The van der Waals surface area contributed by atoms with Gasteiger partial charge in [-0.3, -0.25) is 4.79 Å². The first-order chi connectivity index (χ1) is 13.2. The molecule has 136 valence electrons. The maximum absolute atomic E-state index is 12.1. The summed E-state index contributed by atoms with van der Waals surface area (Å²) in [7, 11) is 0. The predicted octanol–water partition coefficient (Wildman–Crippen LogP) is 4.31. The Hall–Kier alpha value is -3.12. The smallest absolute Gasteiger partial charge is 0.338 e. The van der Waals surface area contributed by atoms with Gasteiger partial charge in [0.05, 0.1) is 22.8 Å². The molecule has 0 aromatic heterocycles. The number of nitrogens with zero attached hydrogens (tertiary/aromatic N) is 1. The van der Waals surface area contributed by atoms with Crippen LogP contribution in [0.2, 0.25) is 0 Å². The van der Waals surface area contributed by atoms with Crippen LogP contribution < -0.4 is 5.32 Å². The van der Waals surface area contributed by atoms with Crippen molar-refractivity contribution in [2.24, 2.45) is 4.99 Å². The Labute approximate surface area is 161 Å². The van der Waals surface area contributed by atoms with E-state index in [0.717, 1.165) is 5.56 Å². The Morgan fingerprint density at radius 3 is 2.59 bits per heavy atom. The van der Waals surface area contributed by atoms with Gasteiger partial charge in [-0.2, -0.15) is 0 Å². The molecule has 0 atom stereocenters. The largest absolute Gasteiger partial charge is 0.462 e. The SMILES string of the molecule is CCOC(=O)c1ccc(N=C2NC(=O)/C(=C/C=C\c3ccccc3)S2)cc1. The van der Waals surface area contributed by atoms with Crippen molar-refractivity contribution in [1.82, 2.24) is 5.32 Å². The van der Waals surface area contributed by atoms with Gasteiger partial charge in [0.1, 0.15) is 0 Å². The quantitative estimate of drug-likeness (QED) is 0.622.